The standard InChI is InChI=1S/C21H19Cl2N3/c1-11(2)12-3-5-15-17(7-12)16(13-4-6-18(22)19(23)9-13)8-14-10-25-21(24)26-20(14)15/h3-7,9-11,16H,8H2,1-2H3,(H2,24,25,26). The Kier molecular flexibility index (Phi) is 4.37. The van der Waals surface area contributed by atoms with Gasteiger partial charge in [0.05, 0.1) is 15.7 Å². The normalized spacial score (nSPS) is 15.7. The van der Waals surface area contributed by atoms with Crippen LogP contribution in [0, 0.1) is 0 Å². The molecule has 4 rings (SSSR count). The zero-order chi connectivity index (χ0) is 18.4. The minimum Gasteiger partial charge on any atom is -0.368 e. The number of nitrogens with two attached hydrogens (primary N) is 1. The summed E-state index contributed by atoms with van der Waals surface area (Å²) in [5.41, 5.74) is 12.7. The lowest BCUT2D eigenvalue weighted by Gasteiger charge is -2.28. The van der Waals surface area contributed by atoms with Gasteiger partial charge in [-0.15, -0.1) is 0 Å². The molecule has 0 saturated heterocycles. The number of anilines is 1. The van der Waals surface area contributed by atoms with Crippen molar-refractivity contribution in [3.63, 3.8) is 0 Å². The molecule has 26 heavy (non-hydrogen) atoms. The van der Waals surface area contributed by atoms with E-state index in [1.54, 1.807) is 0 Å². The molecule has 3 nitrogen and oxygen atoms in total. The summed E-state index contributed by atoms with van der Waals surface area (Å²) in [5.74, 6) is 0.931. The Balaban J connectivity index is 1.93. The van der Waals surface area contributed by atoms with Crippen molar-refractivity contribution in [2.24, 2.45) is 0 Å². The predicted molar refractivity (Wildman–Crippen MR) is 108 cm³/mol. The van der Waals surface area contributed by atoms with Gasteiger partial charge < -0.3 is 5.73 Å². The topological polar surface area (TPSA) is 51.8 Å². The first-order valence-electron chi connectivity index (χ1n) is 8.64. The lowest BCUT2D eigenvalue weighted by atomic mass is 9.76. The number of hydrogen-bond donors (Lipinski definition) is 1. The van der Waals surface area contributed by atoms with Crippen LogP contribution in [0.15, 0.2) is 42.6 Å². The summed E-state index contributed by atoms with van der Waals surface area (Å²) < 4.78 is 0. The maximum absolute atomic E-state index is 6.29. The lowest BCUT2D eigenvalue weighted by molar-refractivity contribution is 0.774. The fourth-order valence-electron chi connectivity index (χ4n) is 3.60. The molecule has 1 atom stereocenters. The van der Waals surface area contributed by atoms with Crippen LogP contribution >= 0.6 is 23.2 Å². The minimum atomic E-state index is 0.179. The predicted octanol–water partition coefficient (Wildman–Crippen LogP) is 5.84. The zero-order valence-electron chi connectivity index (χ0n) is 14.6. The van der Waals surface area contributed by atoms with Gasteiger partial charge in [0, 0.05) is 17.7 Å². The zero-order valence-corrected chi connectivity index (χ0v) is 16.1. The highest BCUT2D eigenvalue weighted by molar-refractivity contribution is 6.42. The van der Waals surface area contributed by atoms with Gasteiger partial charge in [-0.2, -0.15) is 0 Å². The van der Waals surface area contributed by atoms with Crippen LogP contribution in [0.2, 0.25) is 10.0 Å². The molecule has 0 fully saturated rings. The van der Waals surface area contributed by atoms with Crippen LogP contribution in [0.25, 0.3) is 11.3 Å². The number of halogens is 2. The third-order valence-corrected chi connectivity index (χ3v) is 5.77. The molecule has 5 heteroatoms. The van der Waals surface area contributed by atoms with E-state index in [2.05, 4.69) is 42.0 Å². The summed E-state index contributed by atoms with van der Waals surface area (Å²) in [4.78, 5) is 8.70. The molecule has 2 N–H and O–H groups in total. The van der Waals surface area contributed by atoms with E-state index < -0.39 is 0 Å². The third kappa shape index (κ3) is 2.95. The number of nitrogen functional groups attached to an aromatic ring is 1. The van der Waals surface area contributed by atoms with E-state index >= 15 is 0 Å². The molecule has 0 amide bonds. The molecule has 1 heterocycles. The molecular formula is C21H19Cl2N3. The largest absolute Gasteiger partial charge is 0.368 e. The number of aromatic nitrogens is 2. The van der Waals surface area contributed by atoms with Gasteiger partial charge in [-0.25, -0.2) is 9.97 Å². The van der Waals surface area contributed by atoms with Gasteiger partial charge in [-0.1, -0.05) is 61.3 Å². The van der Waals surface area contributed by atoms with Crippen molar-refractivity contribution in [3.8, 4) is 11.3 Å². The van der Waals surface area contributed by atoms with Gasteiger partial charge in [0.15, 0.2) is 0 Å². The van der Waals surface area contributed by atoms with Crippen LogP contribution in [-0.2, 0) is 6.42 Å². The molecule has 3 aromatic rings. The van der Waals surface area contributed by atoms with Crippen molar-refractivity contribution in [1.82, 2.24) is 9.97 Å². The van der Waals surface area contributed by atoms with E-state index in [9.17, 15) is 0 Å². The number of benzene rings is 2. The summed E-state index contributed by atoms with van der Waals surface area (Å²) in [6, 6.07) is 12.5. The molecule has 0 radical (unpaired) electrons. The average molecular weight is 384 g/mol. The third-order valence-electron chi connectivity index (χ3n) is 5.03. The van der Waals surface area contributed by atoms with Crippen LogP contribution in [0.1, 0.15) is 47.9 Å². The molecule has 132 valence electrons. The Bertz CT molecular complexity index is 999. The van der Waals surface area contributed by atoms with Gasteiger partial charge in [-0.05, 0) is 46.7 Å². The molecule has 1 aliphatic carbocycles. The maximum atomic E-state index is 6.29. The average Bonchev–Trinajstić information content (AvgIpc) is 2.63. The van der Waals surface area contributed by atoms with Crippen LogP contribution in [0.4, 0.5) is 5.95 Å². The second-order valence-corrected chi connectivity index (χ2v) is 7.85. The van der Waals surface area contributed by atoms with E-state index in [0.717, 1.165) is 28.8 Å². The second kappa shape index (κ2) is 6.57. The van der Waals surface area contributed by atoms with E-state index in [0.29, 0.717) is 21.9 Å². The molecule has 0 aliphatic heterocycles. The highest BCUT2D eigenvalue weighted by atomic mass is 35.5. The van der Waals surface area contributed by atoms with E-state index in [1.807, 2.05) is 24.4 Å². The summed E-state index contributed by atoms with van der Waals surface area (Å²) in [7, 11) is 0. The molecule has 0 bridgehead atoms. The minimum absolute atomic E-state index is 0.179. The first kappa shape index (κ1) is 17.3. The van der Waals surface area contributed by atoms with Crippen LogP contribution in [-0.4, -0.2) is 9.97 Å². The van der Waals surface area contributed by atoms with Crippen LogP contribution in [0.5, 0.6) is 0 Å². The van der Waals surface area contributed by atoms with Crippen molar-refractivity contribution >= 4 is 29.2 Å². The SMILES string of the molecule is CC(C)c1ccc2c(c1)C(c1ccc(Cl)c(Cl)c1)Cc1cnc(N)nc1-2. The van der Waals surface area contributed by atoms with Crippen molar-refractivity contribution in [2.75, 3.05) is 5.73 Å². The van der Waals surface area contributed by atoms with Gasteiger partial charge in [0.1, 0.15) is 0 Å². The Morgan fingerprint density at radius 3 is 2.62 bits per heavy atom. The van der Waals surface area contributed by atoms with Gasteiger partial charge in [0.2, 0.25) is 5.95 Å². The van der Waals surface area contributed by atoms with E-state index in [1.165, 1.54) is 11.1 Å². The number of nitrogens with zero attached hydrogens (tertiary/aromatic N) is 2. The summed E-state index contributed by atoms with van der Waals surface area (Å²) >= 11 is 12.4. The maximum Gasteiger partial charge on any atom is 0.220 e. The molecule has 0 spiro atoms. The Morgan fingerprint density at radius 1 is 1.08 bits per heavy atom. The monoisotopic (exact) mass is 383 g/mol. The molecule has 1 aromatic heterocycles. The van der Waals surface area contributed by atoms with Crippen molar-refractivity contribution in [3.05, 3.63) is 74.9 Å². The van der Waals surface area contributed by atoms with Gasteiger partial charge in [0.25, 0.3) is 0 Å². The van der Waals surface area contributed by atoms with Crippen molar-refractivity contribution in [2.45, 2.75) is 32.1 Å². The fourth-order valence-corrected chi connectivity index (χ4v) is 3.91. The second-order valence-electron chi connectivity index (χ2n) is 7.03. The number of hydrogen-bond acceptors (Lipinski definition) is 3. The summed E-state index contributed by atoms with van der Waals surface area (Å²) in [6.45, 7) is 4.40. The van der Waals surface area contributed by atoms with Gasteiger partial charge in [-0.3, -0.25) is 0 Å². The highest BCUT2D eigenvalue weighted by Crippen LogP contribution is 2.43. The fraction of sp³-hybridized carbons (Fsp3) is 0.238. The van der Waals surface area contributed by atoms with E-state index in [4.69, 9.17) is 28.9 Å². The number of fused-ring (bicyclic) bond motifs is 3. The van der Waals surface area contributed by atoms with E-state index in [-0.39, 0.29) is 5.92 Å². The quantitative estimate of drug-likeness (QED) is 0.604. The first-order chi connectivity index (χ1) is 12.4. The Morgan fingerprint density at radius 2 is 1.88 bits per heavy atom. The van der Waals surface area contributed by atoms with Gasteiger partial charge >= 0.3 is 0 Å². The molecule has 1 unspecified atom stereocenters. The molecule has 2 aromatic carbocycles. The van der Waals surface area contributed by atoms with Crippen LogP contribution in [0.3, 0.4) is 0 Å². The summed E-state index contributed by atoms with van der Waals surface area (Å²) in [6.07, 6.45) is 2.64. The highest BCUT2D eigenvalue weighted by Gasteiger charge is 2.28. The smallest absolute Gasteiger partial charge is 0.220 e. The Hall–Kier alpha value is -2.10. The summed E-state index contributed by atoms with van der Waals surface area (Å²) in [5, 5.41) is 1.14. The number of rotatable bonds is 2. The van der Waals surface area contributed by atoms with Crippen molar-refractivity contribution in [1.29, 1.82) is 0 Å². The molecule has 0 saturated carbocycles. The Labute approximate surface area is 163 Å². The van der Waals surface area contributed by atoms with Crippen LogP contribution < -0.4 is 5.73 Å². The lowest BCUT2D eigenvalue weighted by Crippen LogP contribution is -2.15. The molecular weight excluding hydrogens is 365 g/mol. The first-order valence-corrected chi connectivity index (χ1v) is 9.40. The molecule has 1 aliphatic rings. The van der Waals surface area contributed by atoms with Crippen molar-refractivity contribution < 1.29 is 0 Å².